The van der Waals surface area contributed by atoms with E-state index in [-0.39, 0.29) is 5.56 Å². The molecule has 5 rings (SSSR count). The molecule has 0 saturated carbocycles. The van der Waals surface area contributed by atoms with Crippen molar-refractivity contribution in [3.8, 4) is 28.3 Å². The van der Waals surface area contributed by atoms with Gasteiger partial charge in [0, 0.05) is 35.5 Å². The second-order valence-electron chi connectivity index (χ2n) is 8.40. The van der Waals surface area contributed by atoms with Crippen molar-refractivity contribution in [3.63, 3.8) is 0 Å². The number of benzene rings is 2. The van der Waals surface area contributed by atoms with E-state index in [0.717, 1.165) is 34.9 Å². The molecule has 5 nitrogen and oxygen atoms in total. The fourth-order valence-corrected chi connectivity index (χ4v) is 4.61. The van der Waals surface area contributed by atoms with Crippen LogP contribution in [0.3, 0.4) is 0 Å². The molecule has 0 amide bonds. The number of pyridine rings is 1. The Morgan fingerprint density at radius 3 is 2.62 bits per heavy atom. The van der Waals surface area contributed by atoms with Crippen LogP contribution in [0.15, 0.2) is 60.8 Å². The maximum atomic E-state index is 13.7. The molecule has 0 saturated heterocycles. The number of aromatic nitrogens is 4. The minimum Gasteiger partial charge on any atom is -0.496 e. The van der Waals surface area contributed by atoms with Crippen LogP contribution in [0.4, 0.5) is 13.2 Å². The number of methoxy groups -OCH3 is 1. The van der Waals surface area contributed by atoms with E-state index in [0.29, 0.717) is 30.4 Å². The molecule has 2 aromatic heterocycles. The van der Waals surface area contributed by atoms with Crippen LogP contribution in [0.1, 0.15) is 41.4 Å². The predicted molar refractivity (Wildman–Crippen MR) is 122 cm³/mol. The third-order valence-corrected chi connectivity index (χ3v) is 6.18. The Kier molecular flexibility index (Phi) is 5.59. The number of hydrogen-bond donors (Lipinski definition) is 0. The summed E-state index contributed by atoms with van der Waals surface area (Å²) in [5.74, 6) is 1.23. The lowest BCUT2D eigenvalue weighted by Gasteiger charge is -2.25. The molecule has 4 aromatic rings. The highest BCUT2D eigenvalue weighted by molar-refractivity contribution is 5.74. The van der Waals surface area contributed by atoms with E-state index in [1.54, 1.807) is 30.1 Å². The van der Waals surface area contributed by atoms with Gasteiger partial charge in [-0.2, -0.15) is 18.3 Å². The Balaban J connectivity index is 1.55. The summed E-state index contributed by atoms with van der Waals surface area (Å²) in [7, 11) is 1.60. The lowest BCUT2D eigenvalue weighted by Crippen LogP contribution is -2.21. The Hall–Kier alpha value is -3.68. The summed E-state index contributed by atoms with van der Waals surface area (Å²) < 4.78 is 48.4. The van der Waals surface area contributed by atoms with Crippen molar-refractivity contribution in [2.45, 2.75) is 38.4 Å². The summed E-state index contributed by atoms with van der Waals surface area (Å²) in [5.41, 5.74) is 3.18. The SMILES string of the molecule is COc1cc(-c2nc3n(n2)CCCC3c2ccccc2C(F)(F)F)ccc1-c1ccnc(C)c1. The standard InChI is InChI=1S/C26H23F3N4O/c1-16-14-17(11-12-30-16)19-10-9-18(15-23(19)34-2)24-31-25-21(7-5-13-33(25)32-24)20-6-3-4-8-22(20)26(27,28)29/h3-4,6,8-12,14-15,21H,5,7,13H2,1-2H3. The summed E-state index contributed by atoms with van der Waals surface area (Å²) in [6.07, 6.45) is -1.34. The number of alkyl halides is 3. The molecule has 8 heteroatoms. The molecule has 0 N–H and O–H groups in total. The molecule has 0 aliphatic carbocycles. The monoisotopic (exact) mass is 464 g/mol. The predicted octanol–water partition coefficient (Wildman–Crippen LogP) is 6.27. The number of rotatable bonds is 4. The van der Waals surface area contributed by atoms with Gasteiger partial charge in [-0.05, 0) is 61.2 Å². The number of fused-ring (bicyclic) bond motifs is 1. The molecule has 0 bridgehead atoms. The van der Waals surface area contributed by atoms with Crippen molar-refractivity contribution in [1.82, 2.24) is 19.7 Å². The van der Waals surface area contributed by atoms with Crippen molar-refractivity contribution in [2.75, 3.05) is 7.11 Å². The topological polar surface area (TPSA) is 52.8 Å². The van der Waals surface area contributed by atoms with Crippen molar-refractivity contribution in [2.24, 2.45) is 0 Å². The number of nitrogens with zero attached hydrogens (tertiary/aromatic N) is 4. The van der Waals surface area contributed by atoms with Crippen molar-refractivity contribution in [3.05, 3.63) is 83.4 Å². The lowest BCUT2D eigenvalue weighted by molar-refractivity contribution is -0.138. The van der Waals surface area contributed by atoms with E-state index < -0.39 is 17.7 Å². The fourth-order valence-electron chi connectivity index (χ4n) is 4.61. The summed E-state index contributed by atoms with van der Waals surface area (Å²) in [5, 5.41) is 4.64. The molecule has 1 aliphatic rings. The van der Waals surface area contributed by atoms with Gasteiger partial charge < -0.3 is 4.74 Å². The van der Waals surface area contributed by atoms with Gasteiger partial charge in [-0.1, -0.05) is 24.3 Å². The Morgan fingerprint density at radius 1 is 1.03 bits per heavy atom. The first-order chi connectivity index (χ1) is 16.3. The Bertz CT molecular complexity index is 1350. The van der Waals surface area contributed by atoms with E-state index in [9.17, 15) is 13.2 Å². The number of aryl methyl sites for hydroxylation is 2. The first-order valence-corrected chi connectivity index (χ1v) is 11.1. The van der Waals surface area contributed by atoms with Crippen LogP contribution in [0, 0.1) is 6.92 Å². The van der Waals surface area contributed by atoms with Crippen LogP contribution in [-0.4, -0.2) is 26.9 Å². The van der Waals surface area contributed by atoms with Crippen molar-refractivity contribution >= 4 is 0 Å². The molecule has 0 radical (unpaired) electrons. The summed E-state index contributed by atoms with van der Waals surface area (Å²) in [4.78, 5) is 8.96. The van der Waals surface area contributed by atoms with Gasteiger partial charge in [0.2, 0.25) is 0 Å². The highest BCUT2D eigenvalue weighted by atomic mass is 19.4. The van der Waals surface area contributed by atoms with Gasteiger partial charge in [-0.3, -0.25) is 4.98 Å². The molecule has 34 heavy (non-hydrogen) atoms. The Morgan fingerprint density at radius 2 is 1.85 bits per heavy atom. The van der Waals surface area contributed by atoms with Gasteiger partial charge in [-0.15, -0.1) is 0 Å². The van der Waals surface area contributed by atoms with Crippen molar-refractivity contribution < 1.29 is 17.9 Å². The van der Waals surface area contributed by atoms with Crippen LogP contribution < -0.4 is 4.74 Å². The fraction of sp³-hybridized carbons (Fsp3) is 0.269. The molecule has 2 aromatic carbocycles. The summed E-state index contributed by atoms with van der Waals surface area (Å²) in [6, 6.07) is 15.4. The highest BCUT2D eigenvalue weighted by Gasteiger charge is 2.37. The number of halogens is 3. The van der Waals surface area contributed by atoms with Crippen LogP contribution in [0.5, 0.6) is 5.75 Å². The summed E-state index contributed by atoms with van der Waals surface area (Å²) in [6.45, 7) is 2.55. The Labute approximate surface area is 195 Å². The van der Waals surface area contributed by atoms with Crippen LogP contribution in [0.25, 0.3) is 22.5 Å². The molecule has 1 atom stereocenters. The average Bonchev–Trinajstić information content (AvgIpc) is 3.28. The lowest BCUT2D eigenvalue weighted by atomic mass is 9.88. The second-order valence-corrected chi connectivity index (χ2v) is 8.40. The van der Waals surface area contributed by atoms with Gasteiger partial charge in [0.25, 0.3) is 0 Å². The van der Waals surface area contributed by atoms with Gasteiger partial charge >= 0.3 is 6.18 Å². The quantitative estimate of drug-likeness (QED) is 0.357. The minimum atomic E-state index is -4.42. The van der Waals surface area contributed by atoms with E-state index >= 15 is 0 Å². The largest absolute Gasteiger partial charge is 0.496 e. The number of hydrogen-bond acceptors (Lipinski definition) is 4. The molecule has 3 heterocycles. The van der Waals surface area contributed by atoms with E-state index in [1.165, 1.54) is 6.07 Å². The first-order valence-electron chi connectivity index (χ1n) is 11.1. The highest BCUT2D eigenvalue weighted by Crippen LogP contribution is 2.41. The molecular formula is C26H23F3N4O. The van der Waals surface area contributed by atoms with Crippen LogP contribution in [0.2, 0.25) is 0 Å². The smallest absolute Gasteiger partial charge is 0.416 e. The summed E-state index contributed by atoms with van der Waals surface area (Å²) >= 11 is 0. The zero-order valence-corrected chi connectivity index (χ0v) is 18.8. The van der Waals surface area contributed by atoms with E-state index in [1.807, 2.05) is 37.3 Å². The zero-order valence-electron chi connectivity index (χ0n) is 18.8. The van der Waals surface area contributed by atoms with E-state index in [4.69, 9.17) is 9.72 Å². The van der Waals surface area contributed by atoms with E-state index in [2.05, 4.69) is 10.1 Å². The molecule has 174 valence electrons. The average molecular weight is 464 g/mol. The van der Waals surface area contributed by atoms with Gasteiger partial charge in [-0.25, -0.2) is 9.67 Å². The molecule has 0 fully saturated rings. The van der Waals surface area contributed by atoms with Gasteiger partial charge in [0.05, 0.1) is 12.7 Å². The molecule has 1 aliphatic heterocycles. The normalized spacial score (nSPS) is 15.7. The molecule has 1 unspecified atom stereocenters. The van der Waals surface area contributed by atoms with Gasteiger partial charge in [0.1, 0.15) is 11.6 Å². The van der Waals surface area contributed by atoms with Crippen LogP contribution in [-0.2, 0) is 12.7 Å². The molecular weight excluding hydrogens is 441 g/mol. The maximum Gasteiger partial charge on any atom is 0.416 e. The van der Waals surface area contributed by atoms with Crippen molar-refractivity contribution in [1.29, 1.82) is 0 Å². The third-order valence-electron chi connectivity index (χ3n) is 6.18. The third kappa shape index (κ3) is 4.04. The maximum absolute atomic E-state index is 13.7. The molecule has 0 spiro atoms. The zero-order chi connectivity index (χ0) is 23.9. The number of ether oxygens (including phenoxy) is 1. The van der Waals surface area contributed by atoms with Crippen LogP contribution >= 0.6 is 0 Å². The second kappa shape index (κ2) is 8.59. The van der Waals surface area contributed by atoms with Gasteiger partial charge in [0.15, 0.2) is 5.82 Å². The first kappa shape index (κ1) is 22.1. The minimum absolute atomic E-state index is 0.246.